The van der Waals surface area contributed by atoms with Crippen LogP contribution in [0.2, 0.25) is 0 Å². The summed E-state index contributed by atoms with van der Waals surface area (Å²) in [6.07, 6.45) is 3.66. The normalized spacial score (nSPS) is 10.6. The molecule has 0 unspecified atom stereocenters. The van der Waals surface area contributed by atoms with Crippen molar-refractivity contribution in [3.63, 3.8) is 0 Å². The maximum Gasteiger partial charge on any atom is 0.251 e. The van der Waals surface area contributed by atoms with E-state index in [4.69, 9.17) is 4.42 Å². The molecule has 2 aromatic heterocycles. The van der Waals surface area contributed by atoms with Crippen LogP contribution < -0.4 is 5.32 Å². The van der Waals surface area contributed by atoms with E-state index in [0.717, 1.165) is 11.1 Å². The van der Waals surface area contributed by atoms with Gasteiger partial charge in [-0.1, -0.05) is 12.1 Å². The SMILES string of the molecule is Cc1nnc(CNC(=O)c2cccc(-c3cnn(C)c3)c2)o1. The summed E-state index contributed by atoms with van der Waals surface area (Å²) < 4.78 is 6.94. The molecule has 0 aliphatic rings. The predicted octanol–water partition coefficient (Wildman–Crippen LogP) is 1.71. The van der Waals surface area contributed by atoms with Gasteiger partial charge in [-0.05, 0) is 17.7 Å². The van der Waals surface area contributed by atoms with Crippen molar-refractivity contribution in [1.29, 1.82) is 0 Å². The van der Waals surface area contributed by atoms with E-state index in [2.05, 4.69) is 20.6 Å². The van der Waals surface area contributed by atoms with Crippen molar-refractivity contribution in [1.82, 2.24) is 25.3 Å². The quantitative estimate of drug-likeness (QED) is 0.792. The maximum atomic E-state index is 12.2. The third-order valence-corrected chi connectivity index (χ3v) is 3.13. The molecule has 0 spiro atoms. The van der Waals surface area contributed by atoms with E-state index in [1.165, 1.54) is 0 Å². The fourth-order valence-corrected chi connectivity index (χ4v) is 2.08. The molecule has 0 fully saturated rings. The van der Waals surface area contributed by atoms with Crippen LogP contribution in [-0.2, 0) is 13.6 Å². The van der Waals surface area contributed by atoms with E-state index >= 15 is 0 Å². The number of rotatable bonds is 4. The minimum Gasteiger partial charge on any atom is -0.424 e. The Kier molecular flexibility index (Phi) is 3.69. The zero-order valence-electron chi connectivity index (χ0n) is 12.3. The Balaban J connectivity index is 1.72. The van der Waals surface area contributed by atoms with Gasteiger partial charge in [-0.3, -0.25) is 9.48 Å². The molecular formula is C15H15N5O2. The van der Waals surface area contributed by atoms with Crippen molar-refractivity contribution in [3.8, 4) is 11.1 Å². The third kappa shape index (κ3) is 3.03. The molecule has 3 aromatic rings. The van der Waals surface area contributed by atoms with Crippen LogP contribution in [0, 0.1) is 6.92 Å². The second kappa shape index (κ2) is 5.80. The molecule has 22 heavy (non-hydrogen) atoms. The van der Waals surface area contributed by atoms with Gasteiger partial charge in [-0.15, -0.1) is 10.2 Å². The van der Waals surface area contributed by atoms with Gasteiger partial charge in [0.2, 0.25) is 11.8 Å². The average molecular weight is 297 g/mol. The number of benzene rings is 1. The molecule has 1 N–H and O–H groups in total. The molecule has 3 rings (SSSR count). The number of amides is 1. The second-order valence-electron chi connectivity index (χ2n) is 4.88. The number of nitrogens with zero attached hydrogens (tertiary/aromatic N) is 4. The highest BCUT2D eigenvalue weighted by atomic mass is 16.4. The number of hydrogen-bond acceptors (Lipinski definition) is 5. The Morgan fingerprint density at radius 3 is 2.86 bits per heavy atom. The van der Waals surface area contributed by atoms with Gasteiger partial charge < -0.3 is 9.73 Å². The van der Waals surface area contributed by atoms with Gasteiger partial charge in [0.1, 0.15) is 0 Å². The molecular weight excluding hydrogens is 282 g/mol. The molecule has 0 radical (unpaired) electrons. The number of hydrogen-bond donors (Lipinski definition) is 1. The minimum atomic E-state index is -0.193. The van der Waals surface area contributed by atoms with Crippen LogP contribution in [0.25, 0.3) is 11.1 Å². The monoisotopic (exact) mass is 297 g/mol. The van der Waals surface area contributed by atoms with Crippen LogP contribution in [0.4, 0.5) is 0 Å². The highest BCUT2D eigenvalue weighted by Crippen LogP contribution is 2.19. The molecule has 2 heterocycles. The summed E-state index contributed by atoms with van der Waals surface area (Å²) >= 11 is 0. The highest BCUT2D eigenvalue weighted by Gasteiger charge is 2.10. The number of carbonyl (C=O) groups excluding carboxylic acids is 1. The van der Waals surface area contributed by atoms with Crippen LogP contribution in [-0.4, -0.2) is 25.9 Å². The minimum absolute atomic E-state index is 0.193. The number of aryl methyl sites for hydroxylation is 2. The van der Waals surface area contributed by atoms with Gasteiger partial charge in [0.25, 0.3) is 5.91 Å². The van der Waals surface area contributed by atoms with Gasteiger partial charge >= 0.3 is 0 Å². The molecule has 0 bridgehead atoms. The van der Waals surface area contributed by atoms with Gasteiger partial charge in [-0.2, -0.15) is 5.10 Å². The number of carbonyl (C=O) groups is 1. The first kappa shape index (κ1) is 14.0. The van der Waals surface area contributed by atoms with Crippen LogP contribution in [0.5, 0.6) is 0 Å². The Bertz CT molecular complexity index is 806. The average Bonchev–Trinajstić information content (AvgIpc) is 3.13. The highest BCUT2D eigenvalue weighted by molar-refractivity contribution is 5.95. The van der Waals surface area contributed by atoms with Crippen LogP contribution in [0.1, 0.15) is 22.1 Å². The first-order valence-corrected chi connectivity index (χ1v) is 6.78. The molecule has 0 saturated carbocycles. The molecule has 0 aliphatic heterocycles. The van der Waals surface area contributed by atoms with Crippen LogP contribution in [0.15, 0.2) is 41.1 Å². The predicted molar refractivity (Wildman–Crippen MR) is 78.8 cm³/mol. The standard InChI is InChI=1S/C15H15N5O2/c1-10-18-19-14(22-10)8-16-15(21)12-5-3-4-11(6-12)13-7-17-20(2)9-13/h3-7,9H,8H2,1-2H3,(H,16,21). The maximum absolute atomic E-state index is 12.2. The Morgan fingerprint density at radius 2 is 2.18 bits per heavy atom. The Hall–Kier alpha value is -2.96. The van der Waals surface area contributed by atoms with Crippen LogP contribution in [0.3, 0.4) is 0 Å². The largest absolute Gasteiger partial charge is 0.424 e. The van der Waals surface area contributed by atoms with Gasteiger partial charge in [0, 0.05) is 31.3 Å². The smallest absolute Gasteiger partial charge is 0.251 e. The summed E-state index contributed by atoms with van der Waals surface area (Å²) in [5, 5.41) is 14.4. The third-order valence-electron chi connectivity index (χ3n) is 3.13. The van der Waals surface area contributed by atoms with Crippen molar-refractivity contribution in [2.45, 2.75) is 13.5 Å². The fourth-order valence-electron chi connectivity index (χ4n) is 2.08. The topological polar surface area (TPSA) is 85.8 Å². The fraction of sp³-hybridized carbons (Fsp3) is 0.200. The first-order chi connectivity index (χ1) is 10.6. The van der Waals surface area contributed by atoms with E-state index in [9.17, 15) is 4.79 Å². The van der Waals surface area contributed by atoms with Crippen molar-refractivity contribution in [2.24, 2.45) is 7.05 Å². The lowest BCUT2D eigenvalue weighted by atomic mass is 10.1. The lowest BCUT2D eigenvalue weighted by Crippen LogP contribution is -2.22. The second-order valence-corrected chi connectivity index (χ2v) is 4.88. The first-order valence-electron chi connectivity index (χ1n) is 6.78. The lowest BCUT2D eigenvalue weighted by Gasteiger charge is -2.04. The summed E-state index contributed by atoms with van der Waals surface area (Å²) in [6.45, 7) is 1.91. The summed E-state index contributed by atoms with van der Waals surface area (Å²) in [7, 11) is 1.85. The number of aromatic nitrogens is 4. The van der Waals surface area contributed by atoms with Crippen molar-refractivity contribution < 1.29 is 9.21 Å². The zero-order valence-corrected chi connectivity index (χ0v) is 12.3. The Morgan fingerprint density at radius 1 is 1.32 bits per heavy atom. The summed E-state index contributed by atoms with van der Waals surface area (Å²) in [5.41, 5.74) is 2.47. The van der Waals surface area contributed by atoms with Crippen molar-refractivity contribution in [3.05, 3.63) is 54.0 Å². The van der Waals surface area contributed by atoms with Crippen molar-refractivity contribution >= 4 is 5.91 Å². The molecule has 0 saturated heterocycles. The van der Waals surface area contributed by atoms with Gasteiger partial charge in [0.15, 0.2) is 0 Å². The molecule has 0 atom stereocenters. The number of nitrogens with one attached hydrogen (secondary N) is 1. The van der Waals surface area contributed by atoms with Gasteiger partial charge in [-0.25, -0.2) is 0 Å². The Labute approximate surface area is 127 Å². The van der Waals surface area contributed by atoms with E-state index in [1.807, 2.05) is 31.4 Å². The van der Waals surface area contributed by atoms with Gasteiger partial charge in [0.05, 0.1) is 12.7 Å². The molecule has 7 nitrogen and oxygen atoms in total. The zero-order chi connectivity index (χ0) is 15.5. The summed E-state index contributed by atoms with van der Waals surface area (Å²) in [6, 6.07) is 7.36. The molecule has 112 valence electrons. The molecule has 7 heteroatoms. The van der Waals surface area contributed by atoms with E-state index in [-0.39, 0.29) is 12.5 Å². The lowest BCUT2D eigenvalue weighted by molar-refractivity contribution is 0.0947. The molecule has 0 aliphatic carbocycles. The molecule has 1 amide bonds. The van der Waals surface area contributed by atoms with E-state index in [0.29, 0.717) is 17.3 Å². The van der Waals surface area contributed by atoms with E-state index < -0.39 is 0 Å². The van der Waals surface area contributed by atoms with Crippen LogP contribution >= 0.6 is 0 Å². The summed E-state index contributed by atoms with van der Waals surface area (Å²) in [4.78, 5) is 12.2. The molecule has 1 aromatic carbocycles. The van der Waals surface area contributed by atoms with E-state index in [1.54, 1.807) is 23.9 Å². The van der Waals surface area contributed by atoms with Crippen molar-refractivity contribution in [2.75, 3.05) is 0 Å². The summed E-state index contributed by atoms with van der Waals surface area (Å²) in [5.74, 6) is 0.665.